The molecule has 0 spiro atoms. The van der Waals surface area contributed by atoms with Gasteiger partial charge >= 0.3 is 7.60 Å². The molecule has 3 heterocycles. The Kier molecular flexibility index (Phi) is 8.13. The van der Waals surface area contributed by atoms with Gasteiger partial charge in [-0.05, 0) is 37.5 Å². The van der Waals surface area contributed by atoms with E-state index in [1.165, 1.54) is 0 Å². The Balaban J connectivity index is 1.71. The van der Waals surface area contributed by atoms with Crippen molar-refractivity contribution < 1.29 is 37.0 Å². The molecule has 35 heavy (non-hydrogen) atoms. The van der Waals surface area contributed by atoms with E-state index in [0.717, 1.165) is 5.56 Å². The first-order chi connectivity index (χ1) is 16.5. The zero-order chi connectivity index (χ0) is 25.4. The van der Waals surface area contributed by atoms with Gasteiger partial charge in [0.05, 0.1) is 19.8 Å². The van der Waals surface area contributed by atoms with E-state index in [1.807, 2.05) is 30.3 Å². The summed E-state index contributed by atoms with van der Waals surface area (Å²) in [6, 6.07) is 9.95. The third-order valence-electron chi connectivity index (χ3n) is 7.13. The maximum Gasteiger partial charge on any atom is 0.354 e. The number of benzene rings is 1. The fourth-order valence-corrected chi connectivity index (χ4v) is 7.29. The van der Waals surface area contributed by atoms with Gasteiger partial charge in [-0.3, -0.25) is 4.57 Å². The Morgan fingerprint density at radius 2 is 1.57 bits per heavy atom. The third-order valence-corrected chi connectivity index (χ3v) is 13.5. The minimum Gasteiger partial charge on any atom is -0.408 e. The van der Waals surface area contributed by atoms with Crippen LogP contribution in [-0.4, -0.2) is 58.5 Å². The summed E-state index contributed by atoms with van der Waals surface area (Å²) in [5.41, 5.74) is 1.71. The van der Waals surface area contributed by atoms with Crippen molar-refractivity contribution in [2.45, 2.75) is 96.4 Å². The zero-order valence-corrected chi connectivity index (χ0v) is 23.7. The highest BCUT2D eigenvalue weighted by molar-refractivity contribution is 7.57. The van der Waals surface area contributed by atoms with E-state index >= 15 is 0 Å². The highest BCUT2D eigenvalue weighted by Gasteiger charge is 2.62. The molecule has 0 aromatic heterocycles. The molecule has 1 aromatic carbocycles. The summed E-state index contributed by atoms with van der Waals surface area (Å²) in [6.45, 7) is 14.6. The molecule has 196 valence electrons. The van der Waals surface area contributed by atoms with Gasteiger partial charge in [-0.25, -0.2) is 0 Å². The molecule has 3 saturated heterocycles. The molecule has 0 radical (unpaired) electrons. The standard InChI is InChI=1S/C25H39O8PSi/c1-8-28-34(26,29-9-2)16-18-19-21(27-15-17-13-11-10-12-14-17)22-23(20(18)31-24(30-19)32-22)33-35(6,7)25(3,4)5/h10-14,16,19-24H,8-9,15H2,1-7H3/b18-16+/t19-,20+,21?,22-,23?,24+/m0/s1. The van der Waals surface area contributed by atoms with Gasteiger partial charge in [0.15, 0.2) is 8.32 Å². The number of hydrogen-bond acceptors (Lipinski definition) is 8. The van der Waals surface area contributed by atoms with Crippen molar-refractivity contribution in [3.05, 3.63) is 47.3 Å². The predicted octanol–water partition coefficient (Wildman–Crippen LogP) is 5.59. The van der Waals surface area contributed by atoms with Gasteiger partial charge in [-0.1, -0.05) is 51.1 Å². The van der Waals surface area contributed by atoms with E-state index in [-0.39, 0.29) is 24.4 Å². The average molecular weight is 527 g/mol. The van der Waals surface area contributed by atoms with E-state index < -0.39 is 46.8 Å². The van der Waals surface area contributed by atoms with Crippen molar-refractivity contribution in [2.24, 2.45) is 0 Å². The van der Waals surface area contributed by atoms with Gasteiger partial charge in [0.1, 0.15) is 30.5 Å². The first-order valence-corrected chi connectivity index (χ1v) is 16.9. The summed E-state index contributed by atoms with van der Waals surface area (Å²) >= 11 is 0. The Morgan fingerprint density at radius 1 is 0.971 bits per heavy atom. The van der Waals surface area contributed by atoms with Crippen LogP contribution in [-0.2, 0) is 43.6 Å². The van der Waals surface area contributed by atoms with Gasteiger partial charge in [0.25, 0.3) is 6.48 Å². The second-order valence-corrected chi connectivity index (χ2v) is 17.2. The molecule has 1 aromatic rings. The third kappa shape index (κ3) is 5.69. The molecular weight excluding hydrogens is 487 g/mol. The summed E-state index contributed by atoms with van der Waals surface area (Å²) < 4.78 is 56.3. The number of ether oxygens (including phenoxy) is 4. The highest BCUT2D eigenvalue weighted by Crippen LogP contribution is 2.55. The lowest BCUT2D eigenvalue weighted by Gasteiger charge is -2.58. The molecule has 6 atom stereocenters. The smallest absolute Gasteiger partial charge is 0.354 e. The lowest BCUT2D eigenvalue weighted by molar-refractivity contribution is -0.447. The van der Waals surface area contributed by atoms with Crippen LogP contribution in [0, 0.1) is 0 Å². The molecule has 4 bridgehead atoms. The van der Waals surface area contributed by atoms with Crippen molar-refractivity contribution in [1.82, 2.24) is 0 Å². The van der Waals surface area contributed by atoms with E-state index in [2.05, 4.69) is 33.9 Å². The molecule has 1 saturated carbocycles. The molecule has 4 fully saturated rings. The largest absolute Gasteiger partial charge is 0.408 e. The lowest BCUT2D eigenvalue weighted by Crippen LogP contribution is -2.72. The first-order valence-electron chi connectivity index (χ1n) is 12.4. The normalized spacial score (nSPS) is 31.9. The van der Waals surface area contributed by atoms with Crippen LogP contribution in [0.15, 0.2) is 41.7 Å². The van der Waals surface area contributed by atoms with Gasteiger partial charge < -0.3 is 32.4 Å². The molecule has 1 aliphatic carbocycles. The van der Waals surface area contributed by atoms with Crippen molar-refractivity contribution >= 4 is 15.9 Å². The lowest BCUT2D eigenvalue weighted by atomic mass is 9.81. The van der Waals surface area contributed by atoms with Gasteiger partial charge in [0, 0.05) is 11.4 Å². The number of rotatable bonds is 10. The molecule has 0 amide bonds. The second-order valence-electron chi connectivity index (χ2n) is 10.6. The van der Waals surface area contributed by atoms with Gasteiger partial charge in [-0.15, -0.1) is 0 Å². The van der Waals surface area contributed by atoms with Crippen LogP contribution in [0.2, 0.25) is 18.1 Å². The quantitative estimate of drug-likeness (QED) is 0.288. The monoisotopic (exact) mass is 526 g/mol. The fourth-order valence-electron chi connectivity index (χ4n) is 4.40. The Labute approximate surface area is 209 Å². The van der Waals surface area contributed by atoms with Crippen LogP contribution < -0.4 is 0 Å². The molecule has 5 rings (SSSR count). The maximum absolute atomic E-state index is 13.5. The van der Waals surface area contributed by atoms with Crippen LogP contribution in [0.5, 0.6) is 0 Å². The fraction of sp³-hybridized carbons (Fsp3) is 0.680. The van der Waals surface area contributed by atoms with Crippen LogP contribution in [0.25, 0.3) is 0 Å². The van der Waals surface area contributed by atoms with Gasteiger partial charge in [-0.2, -0.15) is 0 Å². The van der Waals surface area contributed by atoms with Crippen molar-refractivity contribution in [1.29, 1.82) is 0 Å². The predicted molar refractivity (Wildman–Crippen MR) is 134 cm³/mol. The van der Waals surface area contributed by atoms with Crippen LogP contribution in [0.4, 0.5) is 0 Å². The second kappa shape index (κ2) is 10.5. The summed E-state index contributed by atoms with van der Waals surface area (Å²) in [5.74, 6) is 1.56. The average Bonchev–Trinajstić information content (AvgIpc) is 2.78. The maximum atomic E-state index is 13.5. The van der Waals surface area contributed by atoms with Crippen molar-refractivity contribution in [2.75, 3.05) is 13.2 Å². The molecule has 8 nitrogen and oxygen atoms in total. The molecule has 3 aliphatic heterocycles. The van der Waals surface area contributed by atoms with E-state index in [4.69, 9.17) is 32.4 Å². The highest BCUT2D eigenvalue weighted by atomic mass is 31.2. The SMILES string of the molecule is CCOP(=O)(/C=C1/[C@H]2O[C@@H]3O[C@H](C2O[Si](C)(C)C(C)(C)C)C(OCc2ccccc2)[C@H]1O3)OCC. The van der Waals surface area contributed by atoms with Crippen molar-refractivity contribution in [3.63, 3.8) is 0 Å². The first kappa shape index (κ1) is 27.2. The van der Waals surface area contributed by atoms with Crippen LogP contribution in [0.1, 0.15) is 40.2 Å². The minimum absolute atomic E-state index is 0.0195. The minimum atomic E-state index is -3.52. The molecule has 2 unspecified atom stereocenters. The van der Waals surface area contributed by atoms with Gasteiger partial charge in [0.2, 0.25) is 0 Å². The zero-order valence-electron chi connectivity index (χ0n) is 21.8. The summed E-state index contributed by atoms with van der Waals surface area (Å²) in [4.78, 5) is 0. The number of hydrogen-bond donors (Lipinski definition) is 0. The molecule has 4 aliphatic rings. The molecule has 0 N–H and O–H groups in total. The van der Waals surface area contributed by atoms with Crippen LogP contribution in [0.3, 0.4) is 0 Å². The summed E-state index contributed by atoms with van der Waals surface area (Å²) in [5, 5.41) is -0.0195. The molecular formula is C25H39O8PSi. The van der Waals surface area contributed by atoms with Crippen LogP contribution >= 0.6 is 7.60 Å². The van der Waals surface area contributed by atoms with Crippen molar-refractivity contribution in [3.8, 4) is 0 Å². The molecule has 10 heteroatoms. The Hall–Kier alpha value is -0.873. The summed E-state index contributed by atoms with van der Waals surface area (Å²) in [7, 11) is -5.74. The van der Waals surface area contributed by atoms with E-state index in [1.54, 1.807) is 19.7 Å². The Bertz CT molecular complexity index is 937. The topological polar surface area (TPSA) is 81.7 Å². The van der Waals surface area contributed by atoms with E-state index in [9.17, 15) is 4.57 Å². The summed E-state index contributed by atoms with van der Waals surface area (Å²) in [6.07, 6.45) is -2.28. The van der Waals surface area contributed by atoms with E-state index in [0.29, 0.717) is 12.2 Å². The Morgan fingerprint density at radius 3 is 2.14 bits per heavy atom.